The Bertz CT molecular complexity index is 142. The quantitative estimate of drug-likeness (QED) is 0.628. The van der Waals surface area contributed by atoms with Gasteiger partial charge in [0.25, 0.3) is 5.91 Å². The normalized spacial score (nSPS) is 14.3. The summed E-state index contributed by atoms with van der Waals surface area (Å²) in [6.07, 6.45) is -0.804. The minimum absolute atomic E-state index is 0.151. The lowest BCUT2D eigenvalue weighted by molar-refractivity contribution is -0.143. The van der Waals surface area contributed by atoms with Crippen molar-refractivity contribution in [2.45, 2.75) is 25.9 Å². The first-order valence-corrected chi connectivity index (χ1v) is 3.18. The first-order valence-electron chi connectivity index (χ1n) is 3.18. The largest absolute Gasteiger partial charge is 0.392 e. The molecule has 0 fully saturated rings. The van der Waals surface area contributed by atoms with Crippen molar-refractivity contribution in [1.82, 2.24) is 5.32 Å². The molecule has 0 aromatic rings. The molecule has 0 radical (unpaired) electrons. The van der Waals surface area contributed by atoms with Gasteiger partial charge in [0.1, 0.15) is 0 Å². The first kappa shape index (κ1) is 10.3. The van der Waals surface area contributed by atoms with Crippen molar-refractivity contribution in [3.05, 3.63) is 0 Å². The number of nitrogens with one attached hydrogen (secondary N) is 1. The zero-order chi connectivity index (χ0) is 9.07. The van der Waals surface area contributed by atoms with E-state index in [9.17, 15) is 13.6 Å². The number of hydrogen-bond donors (Lipinski definition) is 2. The summed E-state index contributed by atoms with van der Waals surface area (Å²) in [5.41, 5.74) is 0. The van der Waals surface area contributed by atoms with Gasteiger partial charge in [-0.3, -0.25) is 4.79 Å². The minimum atomic E-state index is -3.37. The molecule has 0 aliphatic rings. The second-order valence-corrected chi connectivity index (χ2v) is 2.45. The highest BCUT2D eigenvalue weighted by Gasteiger charge is 2.31. The lowest BCUT2D eigenvalue weighted by Gasteiger charge is -2.11. The molecule has 0 aromatic heterocycles. The van der Waals surface area contributed by atoms with Crippen molar-refractivity contribution in [3.8, 4) is 0 Å². The van der Waals surface area contributed by atoms with E-state index in [0.717, 1.165) is 0 Å². The van der Waals surface area contributed by atoms with Crippen molar-refractivity contribution in [2.24, 2.45) is 0 Å². The van der Waals surface area contributed by atoms with Gasteiger partial charge in [-0.25, -0.2) is 0 Å². The Morgan fingerprint density at radius 2 is 2.18 bits per heavy atom. The summed E-state index contributed by atoms with van der Waals surface area (Å²) in [4.78, 5) is 10.4. The molecule has 11 heavy (non-hydrogen) atoms. The smallest absolute Gasteiger partial charge is 0.321 e. The fraction of sp³-hybridized carbons (Fsp3) is 0.833. The van der Waals surface area contributed by atoms with Crippen LogP contribution in [0.1, 0.15) is 13.8 Å². The van der Waals surface area contributed by atoms with E-state index in [1.165, 1.54) is 6.92 Å². The van der Waals surface area contributed by atoms with Gasteiger partial charge in [-0.1, -0.05) is 0 Å². The number of alkyl halides is 2. The first-order chi connectivity index (χ1) is 4.84. The summed E-state index contributed by atoms with van der Waals surface area (Å²) in [6, 6.07) is 0. The highest BCUT2D eigenvalue weighted by molar-refractivity contribution is 5.82. The number of hydrogen-bond acceptors (Lipinski definition) is 2. The molecule has 1 atom stereocenters. The van der Waals surface area contributed by atoms with Crippen LogP contribution in [0.2, 0.25) is 0 Å². The molecule has 5 heteroatoms. The molecule has 66 valence electrons. The number of aliphatic hydroxyl groups excluding tert-OH is 1. The lowest BCUT2D eigenvalue weighted by Crippen LogP contribution is -2.40. The third kappa shape index (κ3) is 4.66. The number of aliphatic hydroxyl groups is 1. The average Bonchev–Trinajstić information content (AvgIpc) is 1.80. The number of halogens is 2. The third-order valence-corrected chi connectivity index (χ3v) is 0.957. The number of amides is 1. The van der Waals surface area contributed by atoms with E-state index >= 15 is 0 Å². The molecule has 0 saturated heterocycles. The molecule has 0 spiro atoms. The van der Waals surface area contributed by atoms with Crippen LogP contribution < -0.4 is 5.32 Å². The van der Waals surface area contributed by atoms with Gasteiger partial charge in [-0.15, -0.1) is 0 Å². The molecule has 0 bridgehead atoms. The second-order valence-electron chi connectivity index (χ2n) is 2.45. The van der Waals surface area contributed by atoms with Crippen LogP contribution in [0, 0.1) is 0 Å². The van der Waals surface area contributed by atoms with Gasteiger partial charge >= 0.3 is 5.92 Å². The zero-order valence-electron chi connectivity index (χ0n) is 6.40. The Morgan fingerprint density at radius 1 is 1.73 bits per heavy atom. The molecule has 0 rings (SSSR count). The van der Waals surface area contributed by atoms with Crippen LogP contribution in [0.15, 0.2) is 0 Å². The molecule has 0 heterocycles. The van der Waals surface area contributed by atoms with Gasteiger partial charge in [-0.05, 0) is 6.92 Å². The fourth-order valence-electron chi connectivity index (χ4n) is 0.396. The molecular formula is C6H11F2NO2. The maximum Gasteiger partial charge on any atom is 0.321 e. The average molecular weight is 167 g/mol. The molecule has 0 aliphatic carbocycles. The van der Waals surface area contributed by atoms with Crippen LogP contribution in [-0.2, 0) is 4.79 Å². The van der Waals surface area contributed by atoms with Crippen molar-refractivity contribution >= 4 is 5.91 Å². The Kier molecular flexibility index (Phi) is 3.38. The standard InChI is InChI=1S/C6H11F2NO2/c1-4(10)3-9-5(11)6(2,7)8/h4,10H,3H2,1-2H3,(H,9,11)/t4-/m0/s1. The lowest BCUT2D eigenvalue weighted by atomic mass is 10.3. The maximum atomic E-state index is 12.1. The Hall–Kier alpha value is -0.710. The molecule has 2 N–H and O–H groups in total. The summed E-state index contributed by atoms with van der Waals surface area (Å²) in [5, 5.41) is 10.5. The van der Waals surface area contributed by atoms with Crippen LogP contribution in [0.4, 0.5) is 8.78 Å². The summed E-state index contributed by atoms with van der Waals surface area (Å²) < 4.78 is 24.1. The van der Waals surface area contributed by atoms with Gasteiger partial charge in [-0.2, -0.15) is 8.78 Å². The Morgan fingerprint density at radius 3 is 2.45 bits per heavy atom. The molecule has 0 aromatic carbocycles. The van der Waals surface area contributed by atoms with Crippen molar-refractivity contribution in [3.63, 3.8) is 0 Å². The van der Waals surface area contributed by atoms with E-state index in [2.05, 4.69) is 0 Å². The topological polar surface area (TPSA) is 49.3 Å². The van der Waals surface area contributed by atoms with Crippen molar-refractivity contribution < 1.29 is 18.7 Å². The van der Waals surface area contributed by atoms with E-state index < -0.39 is 17.9 Å². The van der Waals surface area contributed by atoms with E-state index in [1.807, 2.05) is 5.32 Å². The molecular weight excluding hydrogens is 156 g/mol. The number of carbonyl (C=O) groups excluding carboxylic acids is 1. The minimum Gasteiger partial charge on any atom is -0.392 e. The van der Waals surface area contributed by atoms with Crippen LogP contribution >= 0.6 is 0 Å². The fourth-order valence-corrected chi connectivity index (χ4v) is 0.396. The van der Waals surface area contributed by atoms with Crippen LogP contribution in [0.5, 0.6) is 0 Å². The van der Waals surface area contributed by atoms with Crippen LogP contribution in [-0.4, -0.2) is 29.6 Å². The SMILES string of the molecule is C[C@H](O)CNC(=O)C(C)(F)F. The zero-order valence-corrected chi connectivity index (χ0v) is 6.40. The summed E-state index contributed by atoms with van der Waals surface area (Å²) in [5.74, 6) is -4.73. The highest BCUT2D eigenvalue weighted by Crippen LogP contribution is 2.10. The van der Waals surface area contributed by atoms with Gasteiger partial charge in [0.05, 0.1) is 6.10 Å². The second kappa shape index (κ2) is 3.61. The maximum absolute atomic E-state index is 12.1. The van der Waals surface area contributed by atoms with Gasteiger partial charge in [0, 0.05) is 13.5 Å². The predicted octanol–water partition coefficient (Wildman–Crippen LogP) is 0.139. The van der Waals surface area contributed by atoms with Gasteiger partial charge in [0.2, 0.25) is 0 Å². The third-order valence-electron chi connectivity index (χ3n) is 0.957. The van der Waals surface area contributed by atoms with E-state index in [1.54, 1.807) is 0 Å². The summed E-state index contributed by atoms with van der Waals surface area (Å²) >= 11 is 0. The van der Waals surface area contributed by atoms with Gasteiger partial charge < -0.3 is 10.4 Å². The number of rotatable bonds is 3. The Labute approximate surface area is 63.4 Å². The van der Waals surface area contributed by atoms with Crippen molar-refractivity contribution in [2.75, 3.05) is 6.54 Å². The van der Waals surface area contributed by atoms with Crippen molar-refractivity contribution in [1.29, 1.82) is 0 Å². The predicted molar refractivity (Wildman–Crippen MR) is 35.3 cm³/mol. The monoisotopic (exact) mass is 167 g/mol. The Balaban J connectivity index is 3.71. The van der Waals surface area contributed by atoms with E-state index in [4.69, 9.17) is 5.11 Å². The number of carbonyl (C=O) groups is 1. The summed E-state index contributed by atoms with van der Waals surface area (Å²) in [6.45, 7) is 1.75. The summed E-state index contributed by atoms with van der Waals surface area (Å²) in [7, 11) is 0. The molecule has 0 unspecified atom stereocenters. The molecule has 0 saturated carbocycles. The van der Waals surface area contributed by atoms with E-state index in [-0.39, 0.29) is 6.54 Å². The van der Waals surface area contributed by atoms with Crippen LogP contribution in [0.3, 0.4) is 0 Å². The highest BCUT2D eigenvalue weighted by atomic mass is 19.3. The van der Waals surface area contributed by atoms with Crippen LogP contribution in [0.25, 0.3) is 0 Å². The van der Waals surface area contributed by atoms with E-state index in [0.29, 0.717) is 6.92 Å². The molecule has 3 nitrogen and oxygen atoms in total. The molecule has 1 amide bonds. The van der Waals surface area contributed by atoms with Gasteiger partial charge in [0.15, 0.2) is 0 Å². The molecule has 0 aliphatic heterocycles.